The highest BCUT2D eigenvalue weighted by atomic mass is 19.4. The van der Waals surface area contributed by atoms with Crippen molar-refractivity contribution in [3.8, 4) is 0 Å². The minimum absolute atomic E-state index is 0.300. The van der Waals surface area contributed by atoms with Gasteiger partial charge in [-0.05, 0) is 61.1 Å². The van der Waals surface area contributed by atoms with Gasteiger partial charge < -0.3 is 4.90 Å². The second kappa shape index (κ2) is 8.05. The number of carbonyl (C=O) groups excluding carboxylic acids is 1. The minimum atomic E-state index is -4.29. The largest absolute Gasteiger partial charge is 0.416 e. The van der Waals surface area contributed by atoms with E-state index in [1.54, 1.807) is 12.1 Å². The predicted molar refractivity (Wildman–Crippen MR) is 101 cm³/mol. The molecule has 6 heteroatoms. The monoisotopic (exact) mass is 394 g/mol. The summed E-state index contributed by atoms with van der Waals surface area (Å²) in [7, 11) is 0. The molecule has 1 saturated heterocycles. The maximum absolute atomic E-state index is 12.8. The molecule has 154 valence electrons. The Morgan fingerprint density at radius 2 is 1.79 bits per heavy atom. The van der Waals surface area contributed by atoms with Crippen molar-refractivity contribution in [3.05, 3.63) is 35.4 Å². The summed E-state index contributed by atoms with van der Waals surface area (Å²) < 4.78 is 38.1. The van der Waals surface area contributed by atoms with Crippen molar-refractivity contribution in [2.24, 2.45) is 17.8 Å². The van der Waals surface area contributed by atoms with Crippen molar-refractivity contribution in [1.29, 1.82) is 0 Å². The molecule has 3 nitrogen and oxygen atoms in total. The van der Waals surface area contributed by atoms with Gasteiger partial charge in [0.15, 0.2) is 0 Å². The number of hydrogen-bond acceptors (Lipinski definition) is 2. The summed E-state index contributed by atoms with van der Waals surface area (Å²) in [5, 5.41) is 0. The fraction of sp³-hybridized carbons (Fsp3) is 0.682. The van der Waals surface area contributed by atoms with Crippen LogP contribution >= 0.6 is 0 Å². The summed E-state index contributed by atoms with van der Waals surface area (Å²) in [6, 6.07) is 5.42. The van der Waals surface area contributed by atoms with E-state index in [-0.39, 0.29) is 0 Å². The normalized spacial score (nSPS) is 28.5. The number of rotatable bonds is 4. The summed E-state index contributed by atoms with van der Waals surface area (Å²) in [5.41, 5.74) is 0.277. The molecule has 3 unspecified atom stereocenters. The fourth-order valence-electron chi connectivity index (χ4n) is 5.42. The van der Waals surface area contributed by atoms with Gasteiger partial charge in [-0.25, -0.2) is 0 Å². The molecule has 3 atom stereocenters. The van der Waals surface area contributed by atoms with Gasteiger partial charge in [-0.3, -0.25) is 9.69 Å². The first-order chi connectivity index (χ1) is 13.4. The lowest BCUT2D eigenvalue weighted by molar-refractivity contribution is -0.137. The van der Waals surface area contributed by atoms with Gasteiger partial charge >= 0.3 is 6.18 Å². The van der Waals surface area contributed by atoms with Gasteiger partial charge in [-0.2, -0.15) is 13.2 Å². The zero-order valence-electron chi connectivity index (χ0n) is 16.3. The molecule has 2 saturated carbocycles. The molecule has 0 radical (unpaired) electrons. The Morgan fingerprint density at radius 1 is 1.00 bits per heavy atom. The zero-order valence-corrected chi connectivity index (χ0v) is 16.3. The number of hydrogen-bond donors (Lipinski definition) is 0. The number of alkyl halides is 3. The summed E-state index contributed by atoms with van der Waals surface area (Å²) in [5.74, 6) is 2.54. The van der Waals surface area contributed by atoms with Crippen LogP contribution in [0.1, 0.15) is 49.7 Å². The number of amides is 1. The number of fused-ring (bicyclic) bond motifs is 2. The van der Waals surface area contributed by atoms with Crippen LogP contribution in [-0.2, 0) is 17.5 Å². The maximum Gasteiger partial charge on any atom is 0.416 e. The van der Waals surface area contributed by atoms with Gasteiger partial charge in [0.05, 0.1) is 5.56 Å². The Labute approximate surface area is 164 Å². The summed E-state index contributed by atoms with van der Waals surface area (Å²) >= 11 is 0. The molecule has 2 bridgehead atoms. The zero-order chi connectivity index (χ0) is 19.7. The quantitative estimate of drug-likeness (QED) is 0.747. The first kappa shape index (κ1) is 19.7. The molecule has 0 spiro atoms. The molecule has 0 aromatic heterocycles. The van der Waals surface area contributed by atoms with Gasteiger partial charge in [0.1, 0.15) is 0 Å². The van der Waals surface area contributed by atoms with Gasteiger partial charge in [0.25, 0.3) is 0 Å². The van der Waals surface area contributed by atoms with Gasteiger partial charge in [0.2, 0.25) is 5.91 Å². The first-order valence-corrected chi connectivity index (χ1v) is 10.5. The lowest BCUT2D eigenvalue weighted by Crippen LogP contribution is -2.36. The third-order valence-electron chi connectivity index (χ3n) is 6.95. The van der Waals surface area contributed by atoms with E-state index in [1.807, 2.05) is 4.90 Å². The van der Waals surface area contributed by atoms with E-state index in [0.29, 0.717) is 24.8 Å². The van der Waals surface area contributed by atoms with Gasteiger partial charge in [0, 0.05) is 39.1 Å². The highest BCUT2D eigenvalue weighted by Crippen LogP contribution is 2.49. The molecule has 1 aromatic rings. The van der Waals surface area contributed by atoms with Crippen LogP contribution in [-0.4, -0.2) is 41.9 Å². The molecule has 1 amide bonds. The Bertz CT molecular complexity index is 688. The molecule has 4 rings (SSSR count). The molecule has 2 aliphatic carbocycles. The van der Waals surface area contributed by atoms with E-state index < -0.39 is 11.7 Å². The topological polar surface area (TPSA) is 23.6 Å². The third kappa shape index (κ3) is 4.53. The van der Waals surface area contributed by atoms with E-state index >= 15 is 0 Å². The Morgan fingerprint density at radius 3 is 2.43 bits per heavy atom. The van der Waals surface area contributed by atoms with Crippen LogP contribution in [0.5, 0.6) is 0 Å². The standard InChI is InChI=1S/C22H29F3N2O/c23-22(24,25)20-6-3-16(4-7-20)15-26-8-1-9-27(11-10-26)21(28)14-19-13-17-2-5-18(19)12-17/h3-4,6-7,17-19H,1-2,5,8-15H2. The van der Waals surface area contributed by atoms with E-state index in [9.17, 15) is 18.0 Å². The number of halogens is 3. The third-order valence-corrected chi connectivity index (χ3v) is 6.95. The van der Waals surface area contributed by atoms with Crippen molar-refractivity contribution >= 4 is 5.91 Å². The van der Waals surface area contributed by atoms with Crippen LogP contribution in [0.15, 0.2) is 24.3 Å². The molecule has 3 aliphatic rings. The molecule has 1 heterocycles. The maximum atomic E-state index is 12.8. The Balaban J connectivity index is 1.27. The average molecular weight is 394 g/mol. The summed E-state index contributed by atoms with van der Waals surface area (Å²) in [6.07, 6.45) is 2.58. The smallest absolute Gasteiger partial charge is 0.341 e. The molecule has 3 fully saturated rings. The van der Waals surface area contributed by atoms with Crippen LogP contribution < -0.4 is 0 Å². The van der Waals surface area contributed by atoms with E-state index in [1.165, 1.54) is 25.7 Å². The fourth-order valence-corrected chi connectivity index (χ4v) is 5.42. The molecule has 1 aliphatic heterocycles. The highest BCUT2D eigenvalue weighted by molar-refractivity contribution is 5.76. The van der Waals surface area contributed by atoms with Crippen molar-refractivity contribution in [1.82, 2.24) is 9.80 Å². The van der Waals surface area contributed by atoms with Crippen LogP contribution in [0, 0.1) is 17.8 Å². The second-order valence-corrected chi connectivity index (χ2v) is 8.84. The lowest BCUT2D eigenvalue weighted by atomic mass is 9.86. The lowest BCUT2D eigenvalue weighted by Gasteiger charge is -2.26. The van der Waals surface area contributed by atoms with Crippen molar-refractivity contribution in [2.75, 3.05) is 26.2 Å². The minimum Gasteiger partial charge on any atom is -0.341 e. The van der Waals surface area contributed by atoms with Crippen LogP contribution in [0.2, 0.25) is 0 Å². The highest BCUT2D eigenvalue weighted by Gasteiger charge is 2.40. The van der Waals surface area contributed by atoms with Crippen molar-refractivity contribution in [3.63, 3.8) is 0 Å². The SMILES string of the molecule is O=C(CC1CC2CCC1C2)N1CCCN(Cc2ccc(C(F)(F)F)cc2)CC1. The van der Waals surface area contributed by atoms with E-state index in [0.717, 1.165) is 62.1 Å². The van der Waals surface area contributed by atoms with E-state index in [4.69, 9.17) is 0 Å². The summed E-state index contributed by atoms with van der Waals surface area (Å²) in [6.45, 7) is 3.80. The molecular weight excluding hydrogens is 365 g/mol. The van der Waals surface area contributed by atoms with E-state index in [2.05, 4.69) is 4.90 Å². The molecule has 28 heavy (non-hydrogen) atoms. The summed E-state index contributed by atoms with van der Waals surface area (Å²) in [4.78, 5) is 17.0. The van der Waals surface area contributed by atoms with Crippen molar-refractivity contribution < 1.29 is 18.0 Å². The Kier molecular flexibility index (Phi) is 5.68. The van der Waals surface area contributed by atoms with Gasteiger partial charge in [-0.15, -0.1) is 0 Å². The molecule has 1 aromatic carbocycles. The second-order valence-electron chi connectivity index (χ2n) is 8.84. The molecule has 0 N–H and O–H groups in total. The van der Waals surface area contributed by atoms with Crippen LogP contribution in [0.3, 0.4) is 0 Å². The van der Waals surface area contributed by atoms with Crippen LogP contribution in [0.25, 0.3) is 0 Å². The van der Waals surface area contributed by atoms with Crippen molar-refractivity contribution in [2.45, 2.75) is 51.2 Å². The predicted octanol–water partition coefficient (Wildman–Crippen LogP) is 4.57. The number of benzene rings is 1. The number of carbonyl (C=O) groups is 1. The Hall–Kier alpha value is -1.56. The van der Waals surface area contributed by atoms with Gasteiger partial charge in [-0.1, -0.05) is 18.6 Å². The number of nitrogens with zero attached hydrogens (tertiary/aromatic N) is 2. The average Bonchev–Trinajstić information content (AvgIpc) is 3.19. The van der Waals surface area contributed by atoms with Crippen LogP contribution in [0.4, 0.5) is 13.2 Å². The first-order valence-electron chi connectivity index (χ1n) is 10.5. The molecular formula is C22H29F3N2O.